The summed E-state index contributed by atoms with van der Waals surface area (Å²) in [6.45, 7) is 1.07. The molecule has 0 bridgehead atoms. The van der Waals surface area contributed by atoms with Crippen LogP contribution in [0.1, 0.15) is 12.8 Å². The summed E-state index contributed by atoms with van der Waals surface area (Å²) in [6.07, 6.45) is 6.66. The first-order valence-corrected chi connectivity index (χ1v) is 4.51. The molecule has 1 aliphatic heterocycles. The van der Waals surface area contributed by atoms with Crippen LogP contribution in [0.2, 0.25) is 0 Å². The summed E-state index contributed by atoms with van der Waals surface area (Å²) in [4.78, 5) is 2.13. The monoisotopic (exact) mass is 167 g/mol. The van der Waals surface area contributed by atoms with Crippen molar-refractivity contribution in [3.05, 3.63) is 17.7 Å². The lowest BCUT2D eigenvalue weighted by molar-refractivity contribution is 0.776. The number of rotatable bonds is 1. The maximum absolute atomic E-state index is 3.98. The van der Waals surface area contributed by atoms with E-state index in [0.29, 0.717) is 0 Å². The Hall–Kier alpha value is -0.900. The molecule has 2 heterocycles. The second-order valence-electron chi connectivity index (χ2n) is 2.48. The first-order chi connectivity index (χ1) is 5.47. The van der Waals surface area contributed by atoms with Crippen LogP contribution >= 0.6 is 11.5 Å². The number of aromatic nitrogens is 2. The van der Waals surface area contributed by atoms with Crippen molar-refractivity contribution >= 4 is 17.4 Å². The first kappa shape index (κ1) is 6.79. The molecule has 4 heteroatoms. The summed E-state index contributed by atoms with van der Waals surface area (Å²) in [5, 5.41) is 5.95. The largest absolute Gasteiger partial charge is 0.331 e. The van der Waals surface area contributed by atoms with E-state index in [1.54, 1.807) is 0 Å². The third-order valence-corrected chi connectivity index (χ3v) is 2.19. The van der Waals surface area contributed by atoms with E-state index in [1.807, 2.05) is 5.38 Å². The van der Waals surface area contributed by atoms with Gasteiger partial charge in [0.05, 0.1) is 5.38 Å². The quantitative estimate of drug-likeness (QED) is 0.637. The zero-order chi connectivity index (χ0) is 7.52. The molecule has 0 atom stereocenters. The summed E-state index contributed by atoms with van der Waals surface area (Å²) in [5.74, 6) is 0.978. The summed E-state index contributed by atoms with van der Waals surface area (Å²) < 4.78 is 3.81. The lowest BCUT2D eigenvalue weighted by Crippen LogP contribution is -2.20. The van der Waals surface area contributed by atoms with Gasteiger partial charge in [-0.25, -0.2) is 0 Å². The third kappa shape index (κ3) is 1.40. The number of allylic oxidation sites excluding steroid dienone is 1. The average Bonchev–Trinajstić information content (AvgIpc) is 2.58. The van der Waals surface area contributed by atoms with Crippen molar-refractivity contribution < 1.29 is 0 Å². The third-order valence-electron chi connectivity index (χ3n) is 1.70. The maximum atomic E-state index is 3.98. The Kier molecular flexibility index (Phi) is 1.85. The molecule has 1 aromatic rings. The molecule has 0 amide bonds. The molecule has 11 heavy (non-hydrogen) atoms. The van der Waals surface area contributed by atoms with Gasteiger partial charge in [0.2, 0.25) is 0 Å². The molecule has 0 saturated carbocycles. The van der Waals surface area contributed by atoms with Crippen LogP contribution in [0, 0.1) is 0 Å². The van der Waals surface area contributed by atoms with Crippen molar-refractivity contribution in [1.29, 1.82) is 0 Å². The van der Waals surface area contributed by atoms with E-state index in [9.17, 15) is 0 Å². The van der Waals surface area contributed by atoms with E-state index in [2.05, 4.69) is 26.8 Å². The predicted molar refractivity (Wildman–Crippen MR) is 45.6 cm³/mol. The van der Waals surface area contributed by atoms with E-state index in [-0.39, 0.29) is 0 Å². The molecular formula is C7H9N3S. The maximum Gasteiger partial charge on any atom is 0.167 e. The Morgan fingerprint density at radius 2 is 2.55 bits per heavy atom. The number of hydrogen-bond acceptors (Lipinski definition) is 4. The van der Waals surface area contributed by atoms with E-state index < -0.39 is 0 Å². The van der Waals surface area contributed by atoms with Crippen LogP contribution in [0.15, 0.2) is 17.7 Å². The highest BCUT2D eigenvalue weighted by Crippen LogP contribution is 2.15. The van der Waals surface area contributed by atoms with Gasteiger partial charge in [-0.3, -0.25) is 0 Å². The van der Waals surface area contributed by atoms with Crippen molar-refractivity contribution in [3.63, 3.8) is 0 Å². The molecule has 2 rings (SSSR count). The molecule has 58 valence electrons. The van der Waals surface area contributed by atoms with Gasteiger partial charge < -0.3 is 4.90 Å². The molecule has 0 radical (unpaired) electrons. The Morgan fingerprint density at radius 3 is 3.18 bits per heavy atom. The van der Waals surface area contributed by atoms with Crippen molar-refractivity contribution in [2.75, 3.05) is 11.4 Å². The lowest BCUT2D eigenvalue weighted by atomic mass is 10.2. The van der Waals surface area contributed by atoms with Crippen molar-refractivity contribution in [1.82, 2.24) is 9.59 Å². The fraction of sp³-hybridized carbons (Fsp3) is 0.429. The minimum atomic E-state index is 0.978. The molecule has 0 spiro atoms. The summed E-state index contributed by atoms with van der Waals surface area (Å²) >= 11 is 1.40. The zero-order valence-corrected chi connectivity index (χ0v) is 6.92. The van der Waals surface area contributed by atoms with Crippen LogP contribution in [0.25, 0.3) is 0 Å². The van der Waals surface area contributed by atoms with Crippen LogP contribution in [0.4, 0.5) is 5.82 Å². The summed E-state index contributed by atoms with van der Waals surface area (Å²) in [7, 11) is 0. The Labute approximate surface area is 69.5 Å². The number of nitrogens with zero attached hydrogens (tertiary/aromatic N) is 3. The van der Waals surface area contributed by atoms with Gasteiger partial charge >= 0.3 is 0 Å². The van der Waals surface area contributed by atoms with Gasteiger partial charge in [0.25, 0.3) is 0 Å². The smallest absolute Gasteiger partial charge is 0.167 e. The standard InChI is InChI=1S/C7H9N3S/c1-2-4-10(5-3-1)7-6-11-9-8-7/h2,4,6H,1,3,5H2. The Bertz CT molecular complexity index is 242. The van der Waals surface area contributed by atoms with Crippen molar-refractivity contribution in [3.8, 4) is 0 Å². The SMILES string of the molecule is C1=CN(c2csnn2)CCC1. The molecule has 0 saturated heterocycles. The molecule has 0 N–H and O–H groups in total. The number of anilines is 1. The van der Waals surface area contributed by atoms with Crippen LogP contribution in [0.3, 0.4) is 0 Å². The molecule has 1 aliphatic rings. The van der Waals surface area contributed by atoms with Gasteiger partial charge in [0, 0.05) is 12.7 Å². The highest BCUT2D eigenvalue weighted by Gasteiger charge is 2.07. The molecule has 3 nitrogen and oxygen atoms in total. The predicted octanol–water partition coefficient (Wildman–Crippen LogP) is 1.65. The van der Waals surface area contributed by atoms with Gasteiger partial charge in [0.1, 0.15) is 0 Å². The van der Waals surface area contributed by atoms with Gasteiger partial charge in [0.15, 0.2) is 5.82 Å². The fourth-order valence-corrected chi connectivity index (χ4v) is 1.59. The Balaban J connectivity index is 2.16. The van der Waals surface area contributed by atoms with Crippen LogP contribution in [-0.4, -0.2) is 16.1 Å². The normalized spacial score (nSPS) is 17.3. The molecular weight excluding hydrogens is 158 g/mol. The highest BCUT2D eigenvalue weighted by molar-refractivity contribution is 7.03. The van der Waals surface area contributed by atoms with Gasteiger partial charge in [-0.1, -0.05) is 10.6 Å². The van der Waals surface area contributed by atoms with Gasteiger partial charge in [-0.2, -0.15) is 0 Å². The van der Waals surface area contributed by atoms with E-state index in [0.717, 1.165) is 12.4 Å². The second-order valence-corrected chi connectivity index (χ2v) is 3.09. The van der Waals surface area contributed by atoms with Crippen LogP contribution < -0.4 is 4.90 Å². The minimum Gasteiger partial charge on any atom is -0.331 e. The number of hydrogen-bond donors (Lipinski definition) is 0. The van der Waals surface area contributed by atoms with Crippen molar-refractivity contribution in [2.45, 2.75) is 12.8 Å². The molecule has 1 aromatic heterocycles. The molecule has 0 unspecified atom stereocenters. The molecule has 0 fully saturated rings. The second kappa shape index (κ2) is 3.00. The van der Waals surface area contributed by atoms with E-state index in [4.69, 9.17) is 0 Å². The fourth-order valence-electron chi connectivity index (χ4n) is 1.13. The van der Waals surface area contributed by atoms with Gasteiger partial charge in [-0.05, 0) is 24.4 Å². The van der Waals surface area contributed by atoms with Crippen molar-refractivity contribution in [2.24, 2.45) is 0 Å². The first-order valence-electron chi connectivity index (χ1n) is 3.67. The zero-order valence-electron chi connectivity index (χ0n) is 6.10. The minimum absolute atomic E-state index is 0.978. The topological polar surface area (TPSA) is 29.0 Å². The lowest BCUT2D eigenvalue weighted by Gasteiger charge is -2.19. The summed E-state index contributed by atoms with van der Waals surface area (Å²) in [6, 6.07) is 0. The van der Waals surface area contributed by atoms with Crippen LogP contribution in [0.5, 0.6) is 0 Å². The van der Waals surface area contributed by atoms with Gasteiger partial charge in [-0.15, -0.1) is 5.10 Å². The highest BCUT2D eigenvalue weighted by atomic mass is 32.1. The van der Waals surface area contributed by atoms with Crippen LogP contribution in [-0.2, 0) is 0 Å². The Morgan fingerprint density at radius 1 is 1.55 bits per heavy atom. The average molecular weight is 167 g/mol. The van der Waals surface area contributed by atoms with E-state index >= 15 is 0 Å². The molecule has 0 aromatic carbocycles. The van der Waals surface area contributed by atoms with E-state index in [1.165, 1.54) is 24.4 Å². The molecule has 0 aliphatic carbocycles. The summed E-state index contributed by atoms with van der Waals surface area (Å²) in [5.41, 5.74) is 0.